The molecule has 0 aliphatic carbocycles. The van der Waals surface area contributed by atoms with E-state index in [1.807, 2.05) is 6.92 Å². The molecular weight excluding hydrogens is 257 g/mol. The average Bonchev–Trinajstić information content (AvgIpc) is 2.17. The van der Waals surface area contributed by atoms with Crippen molar-refractivity contribution in [3.63, 3.8) is 0 Å². The van der Waals surface area contributed by atoms with E-state index in [1.54, 1.807) is 12.1 Å². The maximum atomic E-state index is 11.6. The monoisotopic (exact) mass is 271 g/mol. The molecule has 0 aromatic heterocycles. The molecule has 0 radical (unpaired) electrons. The Morgan fingerprint density at radius 3 is 2.31 bits per heavy atom. The zero-order chi connectivity index (χ0) is 11.5. The van der Waals surface area contributed by atoms with Gasteiger partial charge in [-0.2, -0.15) is 8.42 Å². The van der Waals surface area contributed by atoms with E-state index in [4.69, 9.17) is 9.92 Å². The summed E-state index contributed by atoms with van der Waals surface area (Å²) in [5, 5.41) is 0. The topological polar surface area (TPSA) is 69.4 Å². The molecule has 0 saturated heterocycles. The number of aryl methyl sites for hydroxylation is 1. The van der Waals surface area contributed by atoms with E-state index in [0.717, 1.165) is 5.56 Å². The predicted molar refractivity (Wildman–Crippen MR) is 68.4 cm³/mol. The van der Waals surface area contributed by atoms with E-state index in [-0.39, 0.29) is 41.0 Å². The van der Waals surface area contributed by atoms with Crippen molar-refractivity contribution in [3.05, 3.63) is 29.8 Å². The Balaban J connectivity index is 0.00000225. The number of hydrogen-bond acceptors (Lipinski definition) is 5. The van der Waals surface area contributed by atoms with E-state index in [0.29, 0.717) is 0 Å². The van der Waals surface area contributed by atoms with Crippen molar-refractivity contribution in [1.82, 2.24) is 0 Å². The van der Waals surface area contributed by atoms with Gasteiger partial charge in [-0.25, -0.2) is 0 Å². The molecule has 0 bridgehead atoms. The molecule has 86 valence electrons. The molecule has 0 aliphatic rings. The zero-order valence-corrected chi connectivity index (χ0v) is 9.96. The minimum atomic E-state index is -3.74. The number of hydrogen-bond donors (Lipinski definition) is 2. The number of rotatable bonds is 4. The van der Waals surface area contributed by atoms with Crippen LogP contribution in [-0.2, 0) is 14.3 Å². The van der Waals surface area contributed by atoms with E-state index < -0.39 is 15.6 Å². The first-order valence-electron chi connectivity index (χ1n) is 4.34. The molecular formula is C9H14NNaO3S2. The van der Waals surface area contributed by atoms with Gasteiger partial charge in [0.2, 0.25) is 0 Å². The zero-order valence-electron chi connectivity index (χ0n) is 8.25. The van der Waals surface area contributed by atoms with Gasteiger partial charge in [-0.15, -0.1) is 12.6 Å². The molecule has 0 aliphatic heterocycles. The van der Waals surface area contributed by atoms with E-state index in [2.05, 4.69) is 12.6 Å². The van der Waals surface area contributed by atoms with Gasteiger partial charge >= 0.3 is 29.6 Å². The molecule has 1 atom stereocenters. The first kappa shape index (κ1) is 16.4. The summed E-state index contributed by atoms with van der Waals surface area (Å²) >= 11 is 3.87. The van der Waals surface area contributed by atoms with Crippen LogP contribution in [0.15, 0.2) is 29.2 Å². The van der Waals surface area contributed by atoms with Gasteiger partial charge in [-0.3, -0.25) is 4.18 Å². The summed E-state index contributed by atoms with van der Waals surface area (Å²) in [6, 6.07) is 6.38. The Labute approximate surface area is 123 Å². The van der Waals surface area contributed by atoms with Gasteiger partial charge in [-0.1, -0.05) is 17.7 Å². The van der Waals surface area contributed by atoms with Gasteiger partial charge in [0, 0.05) is 6.54 Å². The molecule has 1 unspecified atom stereocenters. The van der Waals surface area contributed by atoms with Crippen LogP contribution in [0.5, 0.6) is 0 Å². The van der Waals surface area contributed by atoms with Gasteiger partial charge in [0.25, 0.3) is 10.1 Å². The molecule has 0 amide bonds. The molecule has 0 saturated carbocycles. The third kappa shape index (κ3) is 4.75. The Morgan fingerprint density at radius 2 is 1.88 bits per heavy atom. The Bertz CT molecular complexity index is 419. The third-order valence-corrected chi connectivity index (χ3v) is 3.54. The van der Waals surface area contributed by atoms with Gasteiger partial charge in [0.1, 0.15) is 5.44 Å². The second kappa shape index (κ2) is 7.00. The first-order valence-corrected chi connectivity index (χ1v) is 6.26. The van der Waals surface area contributed by atoms with E-state index >= 15 is 0 Å². The van der Waals surface area contributed by atoms with Crippen LogP contribution >= 0.6 is 12.6 Å². The fourth-order valence-electron chi connectivity index (χ4n) is 0.946. The summed E-state index contributed by atoms with van der Waals surface area (Å²) < 4.78 is 27.9. The second-order valence-electron chi connectivity index (χ2n) is 3.05. The number of thiol groups is 1. The summed E-state index contributed by atoms with van der Waals surface area (Å²) in [4.78, 5) is 0.112. The van der Waals surface area contributed by atoms with Crippen molar-refractivity contribution in [1.29, 1.82) is 0 Å². The minimum absolute atomic E-state index is 0. The summed E-state index contributed by atoms with van der Waals surface area (Å²) in [5.41, 5.74) is 5.39. The van der Waals surface area contributed by atoms with Crippen LogP contribution in [0.4, 0.5) is 0 Å². The Hall–Kier alpha value is 0.440. The molecule has 7 heteroatoms. The normalized spacial score (nSPS) is 12.9. The third-order valence-electron chi connectivity index (χ3n) is 1.75. The number of benzene rings is 1. The van der Waals surface area contributed by atoms with Crippen molar-refractivity contribution in [2.24, 2.45) is 5.73 Å². The quantitative estimate of drug-likeness (QED) is 0.357. The molecule has 0 heterocycles. The average molecular weight is 271 g/mol. The van der Waals surface area contributed by atoms with Crippen LogP contribution in [0.2, 0.25) is 0 Å². The van der Waals surface area contributed by atoms with E-state index in [1.165, 1.54) is 12.1 Å². The second-order valence-corrected chi connectivity index (χ2v) is 5.20. The number of nitrogens with two attached hydrogens (primary N) is 1. The first-order chi connectivity index (χ1) is 6.95. The van der Waals surface area contributed by atoms with Crippen LogP contribution in [0.3, 0.4) is 0 Å². The van der Waals surface area contributed by atoms with Gasteiger partial charge in [0.15, 0.2) is 0 Å². The fraction of sp³-hybridized carbons (Fsp3) is 0.333. The van der Waals surface area contributed by atoms with Crippen molar-refractivity contribution < 1.29 is 12.6 Å². The molecule has 0 fully saturated rings. The summed E-state index contributed by atoms with van der Waals surface area (Å²) in [5.74, 6) is 0. The molecule has 1 aromatic carbocycles. The summed E-state index contributed by atoms with van der Waals surface area (Å²) in [6.45, 7) is 1.91. The van der Waals surface area contributed by atoms with Crippen LogP contribution in [0, 0.1) is 6.92 Å². The molecule has 16 heavy (non-hydrogen) atoms. The van der Waals surface area contributed by atoms with E-state index in [9.17, 15) is 8.42 Å². The Morgan fingerprint density at radius 1 is 1.38 bits per heavy atom. The summed E-state index contributed by atoms with van der Waals surface area (Å²) in [6.07, 6.45) is 0. The molecule has 4 nitrogen and oxygen atoms in total. The van der Waals surface area contributed by atoms with Gasteiger partial charge in [-0.05, 0) is 19.1 Å². The van der Waals surface area contributed by atoms with Crippen molar-refractivity contribution in [2.75, 3.05) is 6.54 Å². The SMILES string of the molecule is Cc1ccc(S(=O)(=O)OC(S)CN)cc1.[NaH]. The molecule has 1 aromatic rings. The Kier molecular flexibility index (Phi) is 7.20. The van der Waals surface area contributed by atoms with Crippen molar-refractivity contribution >= 4 is 52.3 Å². The van der Waals surface area contributed by atoms with Crippen LogP contribution in [0.1, 0.15) is 5.56 Å². The predicted octanol–water partition coefficient (Wildman–Crippen LogP) is 0.266. The molecule has 2 N–H and O–H groups in total. The maximum absolute atomic E-state index is 11.6. The fourth-order valence-corrected chi connectivity index (χ4v) is 2.24. The van der Waals surface area contributed by atoms with Gasteiger partial charge in [0.05, 0.1) is 4.90 Å². The van der Waals surface area contributed by atoms with Crippen molar-refractivity contribution in [2.45, 2.75) is 17.3 Å². The van der Waals surface area contributed by atoms with Crippen LogP contribution in [0.25, 0.3) is 0 Å². The van der Waals surface area contributed by atoms with Crippen LogP contribution < -0.4 is 5.73 Å². The molecule has 1 rings (SSSR count). The van der Waals surface area contributed by atoms with Crippen LogP contribution in [-0.4, -0.2) is 50.0 Å². The summed E-state index contributed by atoms with van der Waals surface area (Å²) in [7, 11) is -3.74. The molecule has 0 spiro atoms. The van der Waals surface area contributed by atoms with Gasteiger partial charge < -0.3 is 5.73 Å². The standard InChI is InChI=1S/C9H13NO3S2.Na.H/c1-7-2-4-8(5-3-7)15(11,12)13-9(14)6-10;;/h2-5,9,14H,6,10H2,1H3;;. The van der Waals surface area contributed by atoms with Crippen molar-refractivity contribution in [3.8, 4) is 0 Å².